The summed E-state index contributed by atoms with van der Waals surface area (Å²) < 4.78 is 18.8. The minimum atomic E-state index is 0.758. The lowest BCUT2D eigenvalue weighted by Crippen LogP contribution is -1.97. The summed E-state index contributed by atoms with van der Waals surface area (Å²) in [5.41, 5.74) is 4.76. The molecule has 0 unspecified atom stereocenters. The predicted molar refractivity (Wildman–Crippen MR) is 169 cm³/mol. The highest BCUT2D eigenvalue weighted by molar-refractivity contribution is 7.20. The quantitative estimate of drug-likeness (QED) is 0.108. The van der Waals surface area contributed by atoms with Gasteiger partial charge in [0.2, 0.25) is 0 Å². The van der Waals surface area contributed by atoms with Gasteiger partial charge in [-0.05, 0) is 25.3 Å². The van der Waals surface area contributed by atoms with Gasteiger partial charge in [-0.25, -0.2) is 0 Å². The number of ether oxygens (including phenoxy) is 3. The molecule has 4 rings (SSSR count). The summed E-state index contributed by atoms with van der Waals surface area (Å²) in [7, 11) is 0. The van der Waals surface area contributed by atoms with Gasteiger partial charge < -0.3 is 14.2 Å². The minimum absolute atomic E-state index is 0.758. The number of hydrogen-bond acceptors (Lipinski definition) is 7. The van der Waals surface area contributed by atoms with Crippen LogP contribution in [0.5, 0.6) is 17.2 Å². The van der Waals surface area contributed by atoms with Gasteiger partial charge >= 0.3 is 0 Å². The molecule has 38 heavy (non-hydrogen) atoms. The van der Waals surface area contributed by atoms with Gasteiger partial charge in [0, 0.05) is 64.3 Å². The SMILES string of the molecule is CCCCCOc1cscc1-c1cc(-c2cscc2OCCCCC)c(-c2cscc2OCCCCC)s1. The Labute approximate surface area is 244 Å². The molecular weight excluding hydrogens is 549 g/mol. The molecule has 4 aromatic rings. The molecule has 0 bridgehead atoms. The van der Waals surface area contributed by atoms with Crippen LogP contribution in [0, 0.1) is 0 Å². The molecule has 4 aromatic heterocycles. The summed E-state index contributed by atoms with van der Waals surface area (Å²) in [5, 5.41) is 13.1. The van der Waals surface area contributed by atoms with Crippen LogP contribution in [0.1, 0.15) is 78.6 Å². The summed E-state index contributed by atoms with van der Waals surface area (Å²) in [6.45, 7) is 8.96. The molecule has 0 aliphatic rings. The van der Waals surface area contributed by atoms with Crippen molar-refractivity contribution in [2.75, 3.05) is 19.8 Å². The molecule has 3 nitrogen and oxygen atoms in total. The Kier molecular flexibility index (Phi) is 12.1. The number of unbranched alkanes of at least 4 members (excludes halogenated alkanes) is 6. The van der Waals surface area contributed by atoms with Crippen LogP contribution in [-0.4, -0.2) is 19.8 Å². The standard InChI is InChI=1S/C31H40O3S4/c1-4-7-10-13-32-27-20-35-17-24(27)23-16-30(25-18-36-21-28(25)33-14-11-8-5-2)38-31(23)26-19-37-22-29(26)34-15-12-9-6-3/h16-22H,4-15H2,1-3H3. The second-order valence-corrected chi connectivity index (χ2v) is 12.8. The fourth-order valence-corrected chi connectivity index (χ4v) is 7.91. The first-order valence-corrected chi connectivity index (χ1v) is 17.6. The van der Waals surface area contributed by atoms with Gasteiger partial charge in [-0.2, -0.15) is 0 Å². The van der Waals surface area contributed by atoms with E-state index in [9.17, 15) is 0 Å². The van der Waals surface area contributed by atoms with E-state index in [1.165, 1.54) is 70.5 Å². The largest absolute Gasteiger partial charge is 0.492 e. The normalized spacial score (nSPS) is 11.2. The maximum absolute atomic E-state index is 6.29. The van der Waals surface area contributed by atoms with Crippen LogP contribution in [-0.2, 0) is 0 Å². The van der Waals surface area contributed by atoms with Crippen molar-refractivity contribution in [3.05, 3.63) is 38.3 Å². The minimum Gasteiger partial charge on any atom is -0.492 e. The number of rotatable bonds is 18. The smallest absolute Gasteiger partial charge is 0.138 e. The van der Waals surface area contributed by atoms with E-state index in [4.69, 9.17) is 14.2 Å². The summed E-state index contributed by atoms with van der Waals surface area (Å²) in [6.07, 6.45) is 10.4. The highest BCUT2D eigenvalue weighted by Gasteiger charge is 2.23. The van der Waals surface area contributed by atoms with Crippen molar-refractivity contribution in [2.24, 2.45) is 0 Å². The molecule has 0 N–H and O–H groups in total. The lowest BCUT2D eigenvalue weighted by atomic mass is 10.0. The fourth-order valence-electron chi connectivity index (χ4n) is 4.26. The highest BCUT2D eigenvalue weighted by atomic mass is 32.1. The van der Waals surface area contributed by atoms with Crippen molar-refractivity contribution in [1.82, 2.24) is 0 Å². The van der Waals surface area contributed by atoms with E-state index in [0.29, 0.717) is 0 Å². The summed E-state index contributed by atoms with van der Waals surface area (Å²) in [4.78, 5) is 2.47. The van der Waals surface area contributed by atoms with Crippen LogP contribution in [0.4, 0.5) is 0 Å². The third-order valence-corrected chi connectivity index (χ3v) is 9.80. The Bertz CT molecular complexity index is 1150. The van der Waals surface area contributed by atoms with Gasteiger partial charge in [0.1, 0.15) is 17.2 Å². The topological polar surface area (TPSA) is 27.7 Å². The first-order chi connectivity index (χ1) is 18.8. The maximum atomic E-state index is 6.29. The van der Waals surface area contributed by atoms with Crippen molar-refractivity contribution in [3.63, 3.8) is 0 Å². The highest BCUT2D eigenvalue weighted by Crippen LogP contribution is 2.51. The van der Waals surface area contributed by atoms with Crippen LogP contribution in [0.3, 0.4) is 0 Å². The molecule has 7 heteroatoms. The van der Waals surface area contributed by atoms with Crippen LogP contribution in [0.25, 0.3) is 32.0 Å². The zero-order valence-electron chi connectivity index (χ0n) is 22.9. The van der Waals surface area contributed by atoms with Gasteiger partial charge in [0.25, 0.3) is 0 Å². The Hall–Kier alpha value is -1.80. The van der Waals surface area contributed by atoms with Gasteiger partial charge in [-0.1, -0.05) is 59.3 Å². The molecule has 0 amide bonds. The lowest BCUT2D eigenvalue weighted by Gasteiger charge is -2.10. The zero-order valence-corrected chi connectivity index (χ0v) is 26.2. The van der Waals surface area contributed by atoms with Gasteiger partial charge in [0.15, 0.2) is 0 Å². The molecule has 0 aromatic carbocycles. The Balaban J connectivity index is 1.67. The van der Waals surface area contributed by atoms with Crippen molar-refractivity contribution in [2.45, 2.75) is 78.6 Å². The Morgan fingerprint density at radius 3 is 1.47 bits per heavy atom. The van der Waals surface area contributed by atoms with Gasteiger partial charge in [0.05, 0.1) is 19.8 Å². The van der Waals surface area contributed by atoms with Crippen molar-refractivity contribution < 1.29 is 14.2 Å². The molecule has 0 fully saturated rings. The van der Waals surface area contributed by atoms with E-state index in [0.717, 1.165) is 56.3 Å². The third kappa shape index (κ3) is 7.65. The van der Waals surface area contributed by atoms with Gasteiger partial charge in [-0.3, -0.25) is 0 Å². The first kappa shape index (κ1) is 29.2. The van der Waals surface area contributed by atoms with Crippen LogP contribution in [0.15, 0.2) is 38.3 Å². The molecule has 4 heterocycles. The van der Waals surface area contributed by atoms with E-state index < -0.39 is 0 Å². The summed E-state index contributed by atoms with van der Waals surface area (Å²) in [6, 6.07) is 2.33. The predicted octanol–water partition coefficient (Wildman–Crippen LogP) is 11.6. The monoisotopic (exact) mass is 588 g/mol. The average Bonchev–Trinajstić information content (AvgIpc) is 3.73. The van der Waals surface area contributed by atoms with Crippen molar-refractivity contribution in [1.29, 1.82) is 0 Å². The number of thiophene rings is 4. The Morgan fingerprint density at radius 2 is 0.947 bits per heavy atom. The van der Waals surface area contributed by atoms with E-state index in [1.54, 1.807) is 34.0 Å². The second kappa shape index (κ2) is 15.7. The zero-order chi connectivity index (χ0) is 26.6. The third-order valence-electron chi connectivity index (χ3n) is 6.43. The van der Waals surface area contributed by atoms with Crippen molar-refractivity contribution >= 4 is 45.3 Å². The average molecular weight is 589 g/mol. The van der Waals surface area contributed by atoms with E-state index in [-0.39, 0.29) is 0 Å². The Morgan fingerprint density at radius 1 is 0.500 bits per heavy atom. The molecule has 0 saturated carbocycles. The molecule has 0 aliphatic carbocycles. The van der Waals surface area contributed by atoms with Crippen LogP contribution < -0.4 is 14.2 Å². The van der Waals surface area contributed by atoms with Crippen LogP contribution >= 0.6 is 45.3 Å². The summed E-state index contributed by atoms with van der Waals surface area (Å²) in [5.74, 6) is 2.97. The van der Waals surface area contributed by atoms with E-state index in [2.05, 4.69) is 59.1 Å². The summed E-state index contributed by atoms with van der Waals surface area (Å²) >= 11 is 6.96. The molecule has 0 radical (unpaired) electrons. The molecular formula is C31H40O3S4. The first-order valence-electron chi connectivity index (χ1n) is 14.0. The van der Waals surface area contributed by atoms with Crippen molar-refractivity contribution in [3.8, 4) is 49.3 Å². The molecule has 0 spiro atoms. The molecule has 0 aliphatic heterocycles. The lowest BCUT2D eigenvalue weighted by molar-refractivity contribution is 0.308. The van der Waals surface area contributed by atoms with E-state index in [1.807, 2.05) is 11.3 Å². The molecule has 0 saturated heterocycles. The fraction of sp³-hybridized carbons (Fsp3) is 0.484. The van der Waals surface area contributed by atoms with E-state index >= 15 is 0 Å². The molecule has 0 atom stereocenters. The molecule has 206 valence electrons. The van der Waals surface area contributed by atoms with Crippen LogP contribution in [0.2, 0.25) is 0 Å². The van der Waals surface area contributed by atoms with Gasteiger partial charge in [-0.15, -0.1) is 45.3 Å². The second-order valence-electron chi connectivity index (χ2n) is 9.47. The number of hydrogen-bond donors (Lipinski definition) is 0. The maximum Gasteiger partial charge on any atom is 0.138 e.